The lowest BCUT2D eigenvalue weighted by Crippen LogP contribution is -2.63. The van der Waals surface area contributed by atoms with Gasteiger partial charge in [-0.15, -0.1) is 0 Å². The number of piperidine rings is 1. The largest absolute Gasteiger partial charge is 0.457 e. The molecule has 2 heterocycles. The van der Waals surface area contributed by atoms with Crippen LogP contribution in [0.3, 0.4) is 0 Å². The molecule has 27 heavy (non-hydrogen) atoms. The van der Waals surface area contributed by atoms with Gasteiger partial charge in [-0.25, -0.2) is 4.99 Å². The number of nitrogens with zero attached hydrogens (tertiary/aromatic N) is 2. The van der Waals surface area contributed by atoms with Crippen molar-refractivity contribution in [3.63, 3.8) is 0 Å². The van der Waals surface area contributed by atoms with Crippen molar-refractivity contribution < 1.29 is 45.6 Å². The van der Waals surface area contributed by atoms with E-state index in [0.29, 0.717) is 0 Å². The van der Waals surface area contributed by atoms with Gasteiger partial charge in [0, 0.05) is 19.6 Å². The van der Waals surface area contributed by atoms with Crippen molar-refractivity contribution in [1.29, 1.82) is 0 Å². The Morgan fingerprint density at radius 3 is 2.44 bits per heavy atom. The van der Waals surface area contributed by atoms with Crippen molar-refractivity contribution >= 4 is 6.02 Å². The predicted octanol–water partition coefficient (Wildman–Crippen LogP) is -6.08. The van der Waals surface area contributed by atoms with Crippen LogP contribution in [0.5, 0.6) is 0 Å². The van der Waals surface area contributed by atoms with E-state index in [1.807, 2.05) is 0 Å². The number of hydrogen-bond acceptors (Lipinski definition) is 12. The fourth-order valence-corrected chi connectivity index (χ4v) is 3.94. The number of aliphatic hydroxyl groups excluding tert-OH is 7. The SMILES string of the molecule is OC[C@@H]1[C@@H](O)[C@H](O)[C@@H](O)CN1CCNC1=N[C@@H]2[C@H](O1)[C@@H](O)[C@H](O)[C@]2(O)CO. The monoisotopic (exact) mass is 393 g/mol. The van der Waals surface area contributed by atoms with Gasteiger partial charge in [0.25, 0.3) is 6.02 Å². The van der Waals surface area contributed by atoms with Crippen LogP contribution in [0.15, 0.2) is 4.99 Å². The Balaban J connectivity index is 1.57. The maximum Gasteiger partial charge on any atom is 0.285 e. The number of aliphatic imine (C=N–C) groups is 1. The average molecular weight is 393 g/mol. The van der Waals surface area contributed by atoms with Crippen LogP contribution in [0.1, 0.15) is 0 Å². The number of fused-ring (bicyclic) bond motifs is 1. The molecule has 12 nitrogen and oxygen atoms in total. The zero-order valence-corrected chi connectivity index (χ0v) is 14.5. The molecule has 0 aromatic rings. The lowest BCUT2D eigenvalue weighted by Gasteiger charge is -2.43. The fraction of sp³-hybridized carbons (Fsp3) is 0.933. The molecular formula is C15H27N3O9. The van der Waals surface area contributed by atoms with Gasteiger partial charge in [-0.3, -0.25) is 4.90 Å². The molecule has 0 aromatic carbocycles. The molecule has 1 aliphatic carbocycles. The molecule has 3 aliphatic rings. The van der Waals surface area contributed by atoms with Crippen LogP contribution in [0, 0.1) is 0 Å². The zero-order chi connectivity index (χ0) is 19.9. The van der Waals surface area contributed by atoms with Gasteiger partial charge in [0.2, 0.25) is 0 Å². The Bertz CT molecular complexity index is 567. The molecule has 1 saturated heterocycles. The minimum Gasteiger partial charge on any atom is -0.457 e. The first-order valence-corrected chi connectivity index (χ1v) is 8.81. The summed E-state index contributed by atoms with van der Waals surface area (Å²) in [6, 6.07) is -1.76. The zero-order valence-electron chi connectivity index (χ0n) is 14.5. The van der Waals surface area contributed by atoms with Crippen molar-refractivity contribution in [2.45, 2.75) is 54.3 Å². The fourth-order valence-electron chi connectivity index (χ4n) is 3.94. The van der Waals surface area contributed by atoms with Crippen molar-refractivity contribution in [1.82, 2.24) is 10.2 Å². The highest BCUT2D eigenvalue weighted by molar-refractivity contribution is 5.76. The smallest absolute Gasteiger partial charge is 0.285 e. The van der Waals surface area contributed by atoms with Gasteiger partial charge < -0.3 is 50.9 Å². The highest BCUT2D eigenvalue weighted by Gasteiger charge is 2.63. The molecule has 1 saturated carbocycles. The van der Waals surface area contributed by atoms with E-state index in [2.05, 4.69) is 10.3 Å². The van der Waals surface area contributed by atoms with Gasteiger partial charge in [-0.05, 0) is 0 Å². The summed E-state index contributed by atoms with van der Waals surface area (Å²) in [7, 11) is 0. The summed E-state index contributed by atoms with van der Waals surface area (Å²) in [4.78, 5) is 5.69. The van der Waals surface area contributed by atoms with Crippen LogP contribution in [0.25, 0.3) is 0 Å². The molecule has 0 bridgehead atoms. The first kappa shape index (κ1) is 20.6. The first-order chi connectivity index (χ1) is 12.7. The number of aliphatic hydroxyl groups is 8. The van der Waals surface area contributed by atoms with Gasteiger partial charge >= 0.3 is 0 Å². The second-order valence-corrected chi connectivity index (χ2v) is 7.27. The van der Waals surface area contributed by atoms with Crippen molar-refractivity contribution in [3.05, 3.63) is 0 Å². The quantitative estimate of drug-likeness (QED) is 0.215. The van der Waals surface area contributed by atoms with E-state index in [4.69, 9.17) is 4.74 Å². The molecule has 0 amide bonds. The lowest BCUT2D eigenvalue weighted by molar-refractivity contribution is -0.144. The van der Waals surface area contributed by atoms with Gasteiger partial charge in [-0.2, -0.15) is 0 Å². The van der Waals surface area contributed by atoms with Crippen LogP contribution in [-0.2, 0) is 4.74 Å². The normalized spacial score (nSPS) is 47.5. The van der Waals surface area contributed by atoms with E-state index < -0.39 is 67.5 Å². The summed E-state index contributed by atoms with van der Waals surface area (Å²) in [5.74, 6) is 0. The molecule has 2 fully saturated rings. The molecule has 0 unspecified atom stereocenters. The Morgan fingerprint density at radius 1 is 1.11 bits per heavy atom. The molecule has 0 aromatic heterocycles. The van der Waals surface area contributed by atoms with Crippen molar-refractivity contribution in [2.24, 2.45) is 4.99 Å². The maximum absolute atomic E-state index is 10.3. The lowest BCUT2D eigenvalue weighted by atomic mass is 9.94. The summed E-state index contributed by atoms with van der Waals surface area (Å²) in [6.45, 7) is -0.657. The topological polar surface area (TPSA) is 199 Å². The Hall–Kier alpha value is -1.09. The molecule has 156 valence electrons. The van der Waals surface area contributed by atoms with Gasteiger partial charge in [0.1, 0.15) is 36.1 Å². The third kappa shape index (κ3) is 3.41. The Kier molecular flexibility index (Phi) is 5.91. The molecule has 3 rings (SSSR count). The molecule has 0 spiro atoms. The second-order valence-electron chi connectivity index (χ2n) is 7.27. The van der Waals surface area contributed by atoms with E-state index in [1.165, 1.54) is 0 Å². The third-order valence-electron chi connectivity index (χ3n) is 5.64. The van der Waals surface area contributed by atoms with Gasteiger partial charge in [-0.1, -0.05) is 0 Å². The van der Waals surface area contributed by atoms with Crippen LogP contribution in [0.4, 0.5) is 0 Å². The third-order valence-corrected chi connectivity index (χ3v) is 5.64. The van der Waals surface area contributed by atoms with E-state index in [9.17, 15) is 40.9 Å². The molecule has 9 atom stereocenters. The van der Waals surface area contributed by atoms with Crippen LogP contribution in [-0.4, -0.2) is 139 Å². The predicted molar refractivity (Wildman–Crippen MR) is 88.6 cm³/mol. The minimum atomic E-state index is -2.01. The maximum atomic E-state index is 10.3. The summed E-state index contributed by atoms with van der Waals surface area (Å²) in [5, 5.41) is 81.2. The number of rotatable bonds is 5. The first-order valence-electron chi connectivity index (χ1n) is 8.81. The van der Waals surface area contributed by atoms with Crippen LogP contribution in [0.2, 0.25) is 0 Å². The molecule has 0 radical (unpaired) electrons. The number of likely N-dealkylation sites (tertiary alicyclic amines) is 1. The Morgan fingerprint density at radius 2 is 1.81 bits per heavy atom. The highest BCUT2D eigenvalue weighted by atomic mass is 16.5. The Labute approximate surface area is 155 Å². The van der Waals surface area contributed by atoms with E-state index in [-0.39, 0.29) is 25.7 Å². The van der Waals surface area contributed by atoms with Crippen molar-refractivity contribution in [3.8, 4) is 0 Å². The number of β-amino-alcohol motifs (C(OH)–C–C–N with tert-alkyl or cyclic N) is 1. The van der Waals surface area contributed by atoms with Gasteiger partial charge in [0.05, 0.1) is 25.4 Å². The highest BCUT2D eigenvalue weighted by Crippen LogP contribution is 2.38. The van der Waals surface area contributed by atoms with E-state index in [0.717, 1.165) is 0 Å². The molecule has 9 N–H and O–H groups in total. The van der Waals surface area contributed by atoms with E-state index in [1.54, 1.807) is 4.90 Å². The summed E-state index contributed by atoms with van der Waals surface area (Å²) in [6.07, 6.45) is -7.79. The summed E-state index contributed by atoms with van der Waals surface area (Å²) >= 11 is 0. The minimum absolute atomic E-state index is 0.0153. The van der Waals surface area contributed by atoms with Crippen molar-refractivity contribution in [2.75, 3.05) is 32.8 Å². The summed E-state index contributed by atoms with van der Waals surface area (Å²) in [5.41, 5.74) is -2.01. The standard InChI is InChI=1S/C15H27N3O9/c19-4-6-8(22)9(23)7(21)3-18(6)2-1-16-14-17-12-11(27-14)10(24)13(25)15(12,26)5-20/h6-13,19-26H,1-5H2,(H,16,17)/t6-,7+,8-,9-,10-,11-,12-,13+,15+/m1/s1. The second kappa shape index (κ2) is 7.73. The van der Waals surface area contributed by atoms with Crippen LogP contribution >= 0.6 is 0 Å². The van der Waals surface area contributed by atoms with Crippen LogP contribution < -0.4 is 5.32 Å². The number of nitrogens with one attached hydrogen (secondary N) is 1. The van der Waals surface area contributed by atoms with E-state index >= 15 is 0 Å². The number of ether oxygens (including phenoxy) is 1. The summed E-state index contributed by atoms with van der Waals surface area (Å²) < 4.78 is 5.42. The van der Waals surface area contributed by atoms with Gasteiger partial charge in [0.15, 0.2) is 6.10 Å². The molecule has 12 heteroatoms. The number of hydrogen-bond donors (Lipinski definition) is 9. The average Bonchev–Trinajstić information content (AvgIpc) is 3.15. The molecule has 2 aliphatic heterocycles. The number of amidine groups is 1. The molecular weight excluding hydrogens is 366 g/mol.